The van der Waals surface area contributed by atoms with Gasteiger partial charge in [0.2, 0.25) is 53.2 Å². The Labute approximate surface area is 501 Å². The van der Waals surface area contributed by atoms with Crippen LogP contribution in [-0.4, -0.2) is 214 Å². The van der Waals surface area contributed by atoms with E-state index in [-0.39, 0.29) is 55.5 Å². The molecule has 24 nitrogen and oxygen atoms in total. The first-order valence-corrected chi connectivity index (χ1v) is 29.9. The average Bonchev–Trinajstić information content (AvgIpc) is 2.84. The fourth-order valence-corrected chi connectivity index (χ4v) is 9.92. The molecule has 0 radical (unpaired) electrons. The Balaban J connectivity index is 3.60. The fourth-order valence-electron chi connectivity index (χ4n) is 9.92. The molecule has 0 spiro atoms. The zero-order valence-corrected chi connectivity index (χ0v) is 54.6. The van der Waals surface area contributed by atoms with Crippen LogP contribution < -0.4 is 26.6 Å². The molecule has 0 saturated heterocycles. The van der Waals surface area contributed by atoms with Crippen molar-refractivity contribution in [1.29, 1.82) is 0 Å². The third-order valence-electron chi connectivity index (χ3n) is 15.5. The van der Waals surface area contributed by atoms with E-state index in [9.17, 15) is 48.3 Å². The maximum Gasteiger partial charge on any atom is 0.321 e. The van der Waals surface area contributed by atoms with Gasteiger partial charge in [0, 0.05) is 54.9 Å². The number of likely N-dealkylation sites (N-methyl/N-ethyl adjacent to an activating group) is 6. The van der Waals surface area contributed by atoms with Crippen LogP contribution in [0.2, 0.25) is 0 Å². The molecule has 0 bridgehead atoms. The van der Waals surface area contributed by atoms with Crippen molar-refractivity contribution >= 4 is 59.2 Å². The van der Waals surface area contributed by atoms with E-state index < -0.39 is 120 Å². The molecule has 0 aromatic carbocycles. The van der Waals surface area contributed by atoms with E-state index in [4.69, 9.17) is 0 Å². The molecule has 24 heteroatoms. The summed E-state index contributed by atoms with van der Waals surface area (Å²) in [5.74, 6) is -5.96. The summed E-state index contributed by atoms with van der Waals surface area (Å²) in [7, 11) is 10.4. The van der Waals surface area contributed by atoms with Crippen molar-refractivity contribution in [3.05, 3.63) is 24.0 Å². The Morgan fingerprint density at radius 3 is 1.65 bits per heavy atom. The van der Waals surface area contributed by atoms with Crippen molar-refractivity contribution in [2.24, 2.45) is 35.5 Å². The van der Waals surface area contributed by atoms with E-state index >= 15 is 4.79 Å². The number of aliphatic hydroxyl groups excluding tert-OH is 1. The highest BCUT2D eigenvalue weighted by Crippen LogP contribution is 2.25. The van der Waals surface area contributed by atoms with Gasteiger partial charge in [0.05, 0.1) is 24.5 Å². The predicted octanol–water partition coefficient (Wildman–Crippen LogP) is 3.41. The molecular weight excluding hydrogens is 1080 g/mol. The summed E-state index contributed by atoms with van der Waals surface area (Å²) in [6.45, 7) is 25.3. The first-order chi connectivity index (χ1) is 39.0. The Morgan fingerprint density at radius 2 is 1.14 bits per heavy atom. The number of amides is 11. The molecule has 0 aliphatic carbocycles. The summed E-state index contributed by atoms with van der Waals surface area (Å²) in [5, 5.41) is 33.1. The molecule has 0 saturated carbocycles. The third kappa shape index (κ3) is 23.6. The smallest absolute Gasteiger partial charge is 0.321 e. The third-order valence-corrected chi connectivity index (χ3v) is 15.5. The average molecular weight is 1190 g/mol. The maximum absolute atomic E-state index is 15.0. The van der Waals surface area contributed by atoms with Crippen molar-refractivity contribution in [2.75, 3.05) is 56.0 Å². The highest BCUT2D eigenvalue weighted by Gasteiger charge is 2.44. The van der Waals surface area contributed by atoms with E-state index in [1.54, 1.807) is 59.0 Å². The van der Waals surface area contributed by atoms with Crippen molar-refractivity contribution in [3.63, 3.8) is 0 Å². The van der Waals surface area contributed by atoms with Gasteiger partial charge in [0.25, 0.3) is 0 Å². The van der Waals surface area contributed by atoms with Gasteiger partial charge in [-0.3, -0.25) is 53.4 Å². The van der Waals surface area contributed by atoms with E-state index in [2.05, 4.69) is 36.8 Å². The lowest BCUT2D eigenvalue weighted by Gasteiger charge is -2.41. The number of aliphatic hydroxyl groups is 1. The second-order valence-electron chi connectivity index (χ2n) is 24.8. The molecule has 0 aliphatic heterocycles. The monoisotopic (exact) mass is 1190 g/mol. The Kier molecular flexibility index (Phi) is 32.9. The molecule has 6 N–H and O–H groups in total. The van der Waals surface area contributed by atoms with Gasteiger partial charge in [0.15, 0.2) is 0 Å². The zero-order chi connectivity index (χ0) is 64.6. The van der Waals surface area contributed by atoms with Crippen LogP contribution in [-0.2, 0) is 49.6 Å². The van der Waals surface area contributed by atoms with Crippen LogP contribution in [0.15, 0.2) is 18.3 Å². The lowest BCUT2D eigenvalue weighted by atomic mass is 9.90. The zero-order valence-electron chi connectivity index (χ0n) is 54.6. The van der Waals surface area contributed by atoms with Crippen LogP contribution in [0.5, 0.6) is 0 Å². The summed E-state index contributed by atoms with van der Waals surface area (Å²) in [6.07, 6.45) is 3.42. The van der Waals surface area contributed by atoms with Crippen LogP contribution in [0.3, 0.4) is 0 Å². The minimum absolute atomic E-state index is 0.0140. The molecule has 1 aromatic heterocycles. The summed E-state index contributed by atoms with van der Waals surface area (Å²) in [5.41, 5.74) is 0.738. The number of urea groups is 1. The first kappa shape index (κ1) is 75.7. The van der Waals surface area contributed by atoms with Crippen LogP contribution in [0.4, 0.5) is 4.79 Å². The van der Waals surface area contributed by atoms with Gasteiger partial charge < -0.3 is 50.9 Å². The normalized spacial score (nSPS) is 15.2. The van der Waals surface area contributed by atoms with Crippen molar-refractivity contribution in [1.82, 2.24) is 66.2 Å². The molecule has 1 rings (SSSR count). The minimum atomic E-state index is -1.58. The lowest BCUT2D eigenvalue weighted by molar-refractivity contribution is -0.156. The van der Waals surface area contributed by atoms with Gasteiger partial charge in [-0.1, -0.05) is 83.1 Å². The molecule has 478 valence electrons. The highest BCUT2D eigenvalue weighted by atomic mass is 16.3. The van der Waals surface area contributed by atoms with E-state index in [0.717, 1.165) is 10.6 Å². The number of nitrogens with zero attached hydrogens (tertiary/aromatic N) is 8. The van der Waals surface area contributed by atoms with Gasteiger partial charge in [-0.25, -0.2) is 4.79 Å². The summed E-state index contributed by atoms with van der Waals surface area (Å²) in [6, 6.07) is -6.02. The van der Waals surface area contributed by atoms with Crippen LogP contribution in [0.1, 0.15) is 154 Å². The van der Waals surface area contributed by atoms with Gasteiger partial charge >= 0.3 is 6.03 Å². The van der Waals surface area contributed by atoms with E-state index in [0.29, 0.717) is 38.5 Å². The molecule has 1 aromatic rings. The molecule has 10 atom stereocenters. The molecule has 0 unspecified atom stereocenters. The van der Waals surface area contributed by atoms with Crippen LogP contribution >= 0.6 is 0 Å². The van der Waals surface area contributed by atoms with Gasteiger partial charge in [-0.05, 0) is 120 Å². The topological polar surface area (TPSA) is 296 Å². The molecule has 84 heavy (non-hydrogen) atoms. The lowest BCUT2D eigenvalue weighted by Crippen LogP contribution is -2.63. The Bertz CT molecular complexity index is 2300. The van der Waals surface area contributed by atoms with Crippen molar-refractivity contribution in [2.45, 2.75) is 209 Å². The number of carbonyl (C=O) groups is 10. The van der Waals surface area contributed by atoms with Crippen molar-refractivity contribution in [3.8, 4) is 0 Å². The minimum Gasteiger partial charge on any atom is -0.390 e. The number of hydrogen-bond donors (Lipinski definition) is 6. The quantitative estimate of drug-likeness (QED) is 0.0532. The number of rotatable bonds is 35. The SMILES string of the molecule is CC[C@H](NC(=O)[C@H]([C@H](O)[C@H](C)CCCc1cccnn1)N(C)C(=O)[C@H](C(C)C)N(C)C(=O)[C@H](CC(C)C)N(C)C(=O)CCC(C)C)C(=O)N(C)[C@H](C)C(=O)N(C)[C@@H](CC(C)C)C(=O)NCN(C)[C@@H](CC(C)C)C(=O)N[C@H](C)C(=O)NC(=O)NC. The molecule has 1 heterocycles. The fraction of sp³-hybridized carbons (Fsp3) is 0.767. The van der Waals surface area contributed by atoms with Gasteiger partial charge in [-0.15, -0.1) is 0 Å². The highest BCUT2D eigenvalue weighted by molar-refractivity contribution is 5.99. The summed E-state index contributed by atoms with van der Waals surface area (Å²) >= 11 is 0. The second-order valence-corrected chi connectivity index (χ2v) is 24.8. The number of aryl methyl sites for hydroxylation is 1. The predicted molar refractivity (Wildman–Crippen MR) is 323 cm³/mol. The molecule has 11 amide bonds. The molecule has 0 aliphatic rings. The van der Waals surface area contributed by atoms with Crippen LogP contribution in [0.25, 0.3) is 0 Å². The maximum atomic E-state index is 15.0. The van der Waals surface area contributed by atoms with Gasteiger partial charge in [-0.2, -0.15) is 10.2 Å². The number of hydrogen-bond acceptors (Lipinski definition) is 14. The summed E-state index contributed by atoms with van der Waals surface area (Å²) in [4.78, 5) is 147. The number of aromatic nitrogens is 2. The number of carbonyl (C=O) groups excluding carboxylic acids is 10. The summed E-state index contributed by atoms with van der Waals surface area (Å²) < 4.78 is 0. The molecule has 0 fully saturated rings. The second kappa shape index (κ2) is 36.5. The standard InChI is InChI=1S/C60H107N13O11/c1-22-44(57(81)69(17)42(14)56(80)71(19)46(32-37(6)7)53(77)62-34-68(16)45(31-36(4)5)54(78)64-41(13)52(76)66-60(84)61-15)65-55(79)50(51(75)40(12)25-23-26-43-27-24-30-63-67-43)73(21)59(83)49(39(10)11)72(20)58(82)47(33-38(8)9)70(18)48(74)29-28-35(2)3/h24,27,30,35-42,44-47,49-51,75H,22-23,25-26,28-29,31-34H2,1-21H3,(H,62,77)(H,64,78)(H,65,79)(H2,61,66,76,84)/t40-,41-,42-,44+,45+,46+,47+,49+,50+,51-/m1/s1. The Hall–Kier alpha value is -6.30. The molecular formula is C60H107N13O11. The number of imide groups is 1. The van der Waals surface area contributed by atoms with E-state index in [1.807, 2.05) is 61.5 Å². The van der Waals surface area contributed by atoms with Crippen LogP contribution in [0, 0.1) is 35.5 Å². The number of nitrogens with one attached hydrogen (secondary N) is 5. The Morgan fingerprint density at radius 1 is 0.583 bits per heavy atom. The van der Waals surface area contributed by atoms with Gasteiger partial charge in [0.1, 0.15) is 42.3 Å². The van der Waals surface area contributed by atoms with Crippen molar-refractivity contribution < 1.29 is 53.1 Å². The largest absolute Gasteiger partial charge is 0.390 e. The van der Waals surface area contributed by atoms with E-state index in [1.165, 1.54) is 68.7 Å². The first-order valence-electron chi connectivity index (χ1n) is 29.9.